The highest BCUT2D eigenvalue weighted by Crippen LogP contribution is 2.37. The first kappa shape index (κ1) is 13.2. The molecule has 0 saturated carbocycles. The summed E-state index contributed by atoms with van der Waals surface area (Å²) in [5.41, 5.74) is 1.69. The van der Waals surface area contributed by atoms with E-state index in [1.54, 1.807) is 30.6 Å². The van der Waals surface area contributed by atoms with Crippen molar-refractivity contribution in [2.75, 3.05) is 5.32 Å². The van der Waals surface area contributed by atoms with Gasteiger partial charge in [0.1, 0.15) is 6.07 Å². The van der Waals surface area contributed by atoms with E-state index >= 15 is 0 Å². The lowest BCUT2D eigenvalue weighted by atomic mass is 10.2. The summed E-state index contributed by atoms with van der Waals surface area (Å²) >= 11 is 15.4. The summed E-state index contributed by atoms with van der Waals surface area (Å²) in [4.78, 5) is 3.96. The van der Waals surface area contributed by atoms with Crippen molar-refractivity contribution < 1.29 is 0 Å². The summed E-state index contributed by atoms with van der Waals surface area (Å²) in [7, 11) is 0. The van der Waals surface area contributed by atoms with E-state index in [1.807, 2.05) is 0 Å². The quantitative estimate of drug-likeness (QED) is 0.800. The Bertz CT molecular complexity index is 638. The molecule has 2 aromatic rings. The molecule has 0 bridgehead atoms. The Morgan fingerprint density at radius 1 is 1.17 bits per heavy atom. The van der Waals surface area contributed by atoms with E-state index in [4.69, 9.17) is 28.5 Å². The van der Waals surface area contributed by atoms with Crippen molar-refractivity contribution in [1.29, 1.82) is 5.26 Å². The predicted octanol–water partition coefficient (Wildman–Crippen LogP) is 4.77. The van der Waals surface area contributed by atoms with Gasteiger partial charge < -0.3 is 5.32 Å². The first-order valence-corrected chi connectivity index (χ1v) is 6.43. The van der Waals surface area contributed by atoms with Crippen LogP contribution < -0.4 is 5.32 Å². The molecule has 0 spiro atoms. The molecule has 0 radical (unpaired) electrons. The highest BCUT2D eigenvalue weighted by atomic mass is 79.9. The average Bonchev–Trinajstić information content (AvgIpc) is 2.40. The fourth-order valence-electron chi connectivity index (χ4n) is 1.36. The number of nitrogens with zero attached hydrogens (tertiary/aromatic N) is 2. The molecule has 6 heteroatoms. The lowest BCUT2D eigenvalue weighted by Crippen LogP contribution is -1.95. The maximum absolute atomic E-state index is 8.98. The molecule has 0 fully saturated rings. The Labute approximate surface area is 122 Å². The number of hydrogen-bond acceptors (Lipinski definition) is 3. The highest BCUT2D eigenvalue weighted by molar-refractivity contribution is 9.10. The largest absolute Gasteiger partial charge is 0.352 e. The molecule has 1 N–H and O–H groups in total. The highest BCUT2D eigenvalue weighted by Gasteiger charge is 2.10. The zero-order valence-corrected chi connectivity index (χ0v) is 12.0. The minimum absolute atomic E-state index is 0.388. The van der Waals surface area contributed by atoms with Gasteiger partial charge in [-0.3, -0.25) is 4.98 Å². The number of benzene rings is 1. The molecule has 0 aliphatic carbocycles. The lowest BCUT2D eigenvalue weighted by molar-refractivity contribution is 1.30. The van der Waals surface area contributed by atoms with Gasteiger partial charge in [-0.05, 0) is 34.1 Å². The molecule has 18 heavy (non-hydrogen) atoms. The molecule has 0 aliphatic heterocycles. The van der Waals surface area contributed by atoms with E-state index in [-0.39, 0.29) is 0 Å². The number of aromatic nitrogens is 1. The molecule has 0 aliphatic rings. The van der Waals surface area contributed by atoms with Crippen LogP contribution in [0.15, 0.2) is 35.1 Å². The summed E-state index contributed by atoms with van der Waals surface area (Å²) < 4.78 is 0.714. The molecule has 2 rings (SSSR count). The van der Waals surface area contributed by atoms with Crippen molar-refractivity contribution in [3.63, 3.8) is 0 Å². The van der Waals surface area contributed by atoms with Crippen LogP contribution in [-0.4, -0.2) is 4.98 Å². The molecule has 0 amide bonds. The van der Waals surface area contributed by atoms with Gasteiger partial charge in [0.15, 0.2) is 0 Å². The van der Waals surface area contributed by atoms with E-state index < -0.39 is 0 Å². The molecule has 3 nitrogen and oxygen atoms in total. The third kappa shape index (κ3) is 2.59. The fraction of sp³-hybridized carbons (Fsp3) is 0. The Hall–Kier alpha value is -1.28. The minimum Gasteiger partial charge on any atom is -0.352 e. The maximum atomic E-state index is 8.98. The second kappa shape index (κ2) is 5.57. The second-order valence-electron chi connectivity index (χ2n) is 3.38. The van der Waals surface area contributed by atoms with Crippen molar-refractivity contribution in [3.05, 3.63) is 50.7 Å². The standard InChI is InChI=1S/C12H6BrCl2N3/c13-8-1-2-9(12(15)11(8)14)18-10-6-17-4-3-7(10)5-16/h1-4,6,18H. The molecule has 0 unspecified atom stereocenters. The number of rotatable bonds is 2. The number of pyridine rings is 1. The van der Waals surface area contributed by atoms with E-state index in [0.29, 0.717) is 31.5 Å². The third-order valence-corrected chi connectivity index (χ3v) is 4.02. The smallest absolute Gasteiger partial charge is 0.101 e. The number of anilines is 2. The van der Waals surface area contributed by atoms with E-state index in [2.05, 4.69) is 32.3 Å². The number of nitriles is 1. The summed E-state index contributed by atoms with van der Waals surface area (Å²) in [5, 5.41) is 12.8. The molecule has 1 aromatic heterocycles. The van der Waals surface area contributed by atoms with Crippen LogP contribution in [0.1, 0.15) is 5.56 Å². The SMILES string of the molecule is N#Cc1ccncc1Nc1ccc(Br)c(Cl)c1Cl. The molecular weight excluding hydrogens is 337 g/mol. The van der Waals surface area contributed by atoms with Gasteiger partial charge in [-0.15, -0.1) is 0 Å². The van der Waals surface area contributed by atoms with Gasteiger partial charge in [0, 0.05) is 10.7 Å². The van der Waals surface area contributed by atoms with Crippen LogP contribution in [-0.2, 0) is 0 Å². The van der Waals surface area contributed by atoms with Crippen LogP contribution in [0.4, 0.5) is 11.4 Å². The van der Waals surface area contributed by atoms with Crippen LogP contribution in [0.5, 0.6) is 0 Å². The fourth-order valence-corrected chi connectivity index (χ4v) is 2.18. The zero-order chi connectivity index (χ0) is 13.1. The van der Waals surface area contributed by atoms with Crippen molar-refractivity contribution >= 4 is 50.5 Å². The third-order valence-electron chi connectivity index (χ3n) is 2.25. The van der Waals surface area contributed by atoms with Crippen molar-refractivity contribution in [2.24, 2.45) is 0 Å². The van der Waals surface area contributed by atoms with Crippen molar-refractivity contribution in [3.8, 4) is 6.07 Å². The van der Waals surface area contributed by atoms with Gasteiger partial charge >= 0.3 is 0 Å². The van der Waals surface area contributed by atoms with E-state index in [0.717, 1.165) is 0 Å². The van der Waals surface area contributed by atoms with Crippen LogP contribution in [0.2, 0.25) is 10.0 Å². The number of hydrogen-bond donors (Lipinski definition) is 1. The monoisotopic (exact) mass is 341 g/mol. The number of halogens is 3. The second-order valence-corrected chi connectivity index (χ2v) is 4.99. The first-order chi connectivity index (χ1) is 8.63. The van der Waals surface area contributed by atoms with E-state index in [9.17, 15) is 0 Å². The van der Waals surface area contributed by atoms with Gasteiger partial charge in [0.25, 0.3) is 0 Å². The molecule has 90 valence electrons. The van der Waals surface area contributed by atoms with Gasteiger partial charge in [0.2, 0.25) is 0 Å². The number of nitrogens with one attached hydrogen (secondary N) is 1. The average molecular weight is 343 g/mol. The lowest BCUT2D eigenvalue weighted by Gasteiger charge is -2.11. The van der Waals surface area contributed by atoms with E-state index in [1.165, 1.54) is 0 Å². The first-order valence-electron chi connectivity index (χ1n) is 4.88. The van der Waals surface area contributed by atoms with Gasteiger partial charge in [-0.25, -0.2) is 0 Å². The van der Waals surface area contributed by atoms with Crippen molar-refractivity contribution in [2.45, 2.75) is 0 Å². The van der Waals surface area contributed by atoms with Crippen LogP contribution >= 0.6 is 39.1 Å². The van der Waals surface area contributed by atoms with Crippen LogP contribution in [0.25, 0.3) is 0 Å². The van der Waals surface area contributed by atoms with Gasteiger partial charge in [-0.1, -0.05) is 23.2 Å². The Balaban J connectivity index is 2.41. The topological polar surface area (TPSA) is 48.7 Å². The van der Waals surface area contributed by atoms with Gasteiger partial charge in [0.05, 0.1) is 33.2 Å². The summed E-state index contributed by atoms with van der Waals surface area (Å²) in [6.07, 6.45) is 3.12. The zero-order valence-electron chi connectivity index (χ0n) is 8.92. The summed E-state index contributed by atoms with van der Waals surface area (Å²) in [5.74, 6) is 0. The predicted molar refractivity (Wildman–Crippen MR) is 76.4 cm³/mol. The molecular formula is C12H6BrCl2N3. The van der Waals surface area contributed by atoms with Crippen LogP contribution in [0, 0.1) is 11.3 Å². The Kier molecular flexibility index (Phi) is 4.07. The van der Waals surface area contributed by atoms with Crippen LogP contribution in [0.3, 0.4) is 0 Å². The van der Waals surface area contributed by atoms with Crippen molar-refractivity contribution in [1.82, 2.24) is 4.98 Å². The molecule has 0 atom stereocenters. The Morgan fingerprint density at radius 3 is 2.67 bits per heavy atom. The molecule has 1 aromatic carbocycles. The maximum Gasteiger partial charge on any atom is 0.101 e. The summed E-state index contributed by atoms with van der Waals surface area (Å²) in [6.45, 7) is 0. The minimum atomic E-state index is 0.388. The Morgan fingerprint density at radius 2 is 1.94 bits per heavy atom. The van der Waals surface area contributed by atoms with Gasteiger partial charge in [-0.2, -0.15) is 5.26 Å². The molecule has 0 saturated heterocycles. The molecule has 1 heterocycles. The summed E-state index contributed by atoms with van der Waals surface area (Å²) in [6, 6.07) is 7.24. The normalized spacial score (nSPS) is 9.89.